The Hall–Kier alpha value is -1.29. The van der Waals surface area contributed by atoms with Crippen LogP contribution in [0.15, 0.2) is 16.7 Å². The molecule has 13 heavy (non-hydrogen) atoms. The molecular formula is C9H10O4. The standard InChI is InChI=1S/C9H10O4/c10-8(11)6-2-5-13-7(6)9(12)3-1-4-9/h2,5,12H,1,3-4H2,(H,10,11). The average molecular weight is 182 g/mol. The van der Waals surface area contributed by atoms with Crippen molar-refractivity contribution in [3.8, 4) is 0 Å². The lowest BCUT2D eigenvalue weighted by Crippen LogP contribution is -2.34. The van der Waals surface area contributed by atoms with Crippen molar-refractivity contribution in [1.82, 2.24) is 0 Å². The van der Waals surface area contributed by atoms with Crippen LogP contribution in [0.2, 0.25) is 0 Å². The minimum Gasteiger partial charge on any atom is -0.478 e. The number of aliphatic hydroxyl groups is 1. The molecule has 1 fully saturated rings. The summed E-state index contributed by atoms with van der Waals surface area (Å²) in [5.41, 5.74) is -0.959. The van der Waals surface area contributed by atoms with E-state index in [9.17, 15) is 9.90 Å². The zero-order valence-corrected chi connectivity index (χ0v) is 6.99. The quantitative estimate of drug-likeness (QED) is 0.724. The van der Waals surface area contributed by atoms with Gasteiger partial charge in [0, 0.05) is 0 Å². The predicted molar refractivity (Wildman–Crippen MR) is 43.4 cm³/mol. The molecule has 0 aromatic carbocycles. The molecule has 1 aliphatic rings. The molecule has 0 amide bonds. The largest absolute Gasteiger partial charge is 0.478 e. The van der Waals surface area contributed by atoms with Gasteiger partial charge in [-0.25, -0.2) is 4.79 Å². The number of hydrogen-bond donors (Lipinski definition) is 2. The highest BCUT2D eigenvalue weighted by molar-refractivity contribution is 5.89. The second-order valence-corrected chi connectivity index (χ2v) is 3.35. The molecular weight excluding hydrogens is 172 g/mol. The summed E-state index contributed by atoms with van der Waals surface area (Å²) >= 11 is 0. The molecule has 0 atom stereocenters. The van der Waals surface area contributed by atoms with Gasteiger partial charge in [-0.05, 0) is 25.3 Å². The molecule has 2 rings (SSSR count). The molecule has 0 spiro atoms. The van der Waals surface area contributed by atoms with Crippen LogP contribution in [0.25, 0.3) is 0 Å². The van der Waals surface area contributed by atoms with E-state index < -0.39 is 11.6 Å². The van der Waals surface area contributed by atoms with Crippen LogP contribution in [0.1, 0.15) is 35.4 Å². The first-order chi connectivity index (χ1) is 6.13. The Balaban J connectivity index is 2.39. The molecule has 0 radical (unpaired) electrons. The third-order valence-corrected chi connectivity index (χ3v) is 2.50. The monoisotopic (exact) mass is 182 g/mol. The lowest BCUT2D eigenvalue weighted by molar-refractivity contribution is -0.0574. The Morgan fingerprint density at radius 2 is 2.23 bits per heavy atom. The van der Waals surface area contributed by atoms with E-state index >= 15 is 0 Å². The molecule has 0 aliphatic heterocycles. The number of hydrogen-bond acceptors (Lipinski definition) is 3. The predicted octanol–water partition coefficient (Wildman–Crippen LogP) is 1.35. The third kappa shape index (κ3) is 1.14. The normalized spacial score (nSPS) is 19.5. The summed E-state index contributed by atoms with van der Waals surface area (Å²) in [7, 11) is 0. The average Bonchev–Trinajstić information content (AvgIpc) is 2.47. The molecule has 1 aromatic rings. The van der Waals surface area contributed by atoms with Gasteiger partial charge in [0.1, 0.15) is 16.9 Å². The summed E-state index contributed by atoms with van der Waals surface area (Å²) in [6.45, 7) is 0. The first kappa shape index (κ1) is 8.31. The van der Waals surface area contributed by atoms with Crippen LogP contribution in [-0.4, -0.2) is 16.2 Å². The van der Waals surface area contributed by atoms with Crippen LogP contribution >= 0.6 is 0 Å². The number of carbonyl (C=O) groups is 1. The van der Waals surface area contributed by atoms with E-state index in [0.29, 0.717) is 12.8 Å². The van der Waals surface area contributed by atoms with Gasteiger partial charge in [0.2, 0.25) is 0 Å². The van der Waals surface area contributed by atoms with E-state index in [0.717, 1.165) is 6.42 Å². The van der Waals surface area contributed by atoms with Gasteiger partial charge in [0.05, 0.1) is 6.26 Å². The molecule has 1 aliphatic carbocycles. The lowest BCUT2D eigenvalue weighted by atomic mass is 9.77. The van der Waals surface area contributed by atoms with Crippen molar-refractivity contribution in [3.63, 3.8) is 0 Å². The van der Waals surface area contributed by atoms with E-state index in [1.165, 1.54) is 12.3 Å². The topological polar surface area (TPSA) is 70.7 Å². The zero-order valence-electron chi connectivity index (χ0n) is 6.99. The highest BCUT2D eigenvalue weighted by Crippen LogP contribution is 2.42. The van der Waals surface area contributed by atoms with E-state index in [4.69, 9.17) is 9.52 Å². The van der Waals surface area contributed by atoms with Crippen molar-refractivity contribution in [2.45, 2.75) is 24.9 Å². The smallest absolute Gasteiger partial charge is 0.339 e. The first-order valence-corrected chi connectivity index (χ1v) is 4.17. The second-order valence-electron chi connectivity index (χ2n) is 3.35. The maximum atomic E-state index is 10.7. The van der Waals surface area contributed by atoms with Crippen LogP contribution in [0.5, 0.6) is 0 Å². The number of rotatable bonds is 2. The SMILES string of the molecule is O=C(O)c1ccoc1C1(O)CCC1. The molecule has 0 unspecified atom stereocenters. The number of carboxylic acids is 1. The highest BCUT2D eigenvalue weighted by Gasteiger charge is 2.42. The Labute approximate surface area is 74.8 Å². The molecule has 1 heterocycles. The Morgan fingerprint density at radius 1 is 1.54 bits per heavy atom. The van der Waals surface area contributed by atoms with Gasteiger partial charge in [0.15, 0.2) is 0 Å². The van der Waals surface area contributed by atoms with Crippen molar-refractivity contribution >= 4 is 5.97 Å². The van der Waals surface area contributed by atoms with Crippen molar-refractivity contribution in [1.29, 1.82) is 0 Å². The zero-order chi connectivity index (χ0) is 9.47. The van der Waals surface area contributed by atoms with Gasteiger partial charge < -0.3 is 14.6 Å². The van der Waals surface area contributed by atoms with Gasteiger partial charge in [-0.15, -0.1) is 0 Å². The summed E-state index contributed by atoms with van der Waals surface area (Å²) in [6, 6.07) is 1.37. The highest BCUT2D eigenvalue weighted by atomic mass is 16.4. The van der Waals surface area contributed by atoms with Crippen molar-refractivity contribution in [2.75, 3.05) is 0 Å². The maximum absolute atomic E-state index is 10.7. The Morgan fingerprint density at radius 3 is 2.69 bits per heavy atom. The van der Waals surface area contributed by atoms with Gasteiger partial charge in [0.25, 0.3) is 0 Å². The summed E-state index contributed by atoms with van der Waals surface area (Å²) in [5, 5.41) is 18.6. The molecule has 0 bridgehead atoms. The molecule has 0 saturated heterocycles. The Bertz CT molecular complexity index is 335. The fourth-order valence-corrected chi connectivity index (χ4v) is 1.58. The van der Waals surface area contributed by atoms with Crippen molar-refractivity contribution < 1.29 is 19.4 Å². The first-order valence-electron chi connectivity index (χ1n) is 4.17. The third-order valence-electron chi connectivity index (χ3n) is 2.50. The number of furan rings is 1. The number of aromatic carboxylic acids is 1. The molecule has 4 heteroatoms. The van der Waals surface area contributed by atoms with Crippen LogP contribution in [0, 0.1) is 0 Å². The van der Waals surface area contributed by atoms with Gasteiger partial charge in [-0.3, -0.25) is 0 Å². The van der Waals surface area contributed by atoms with Gasteiger partial charge >= 0.3 is 5.97 Å². The van der Waals surface area contributed by atoms with Gasteiger partial charge in [-0.2, -0.15) is 0 Å². The fraction of sp³-hybridized carbons (Fsp3) is 0.444. The van der Waals surface area contributed by atoms with E-state index in [-0.39, 0.29) is 11.3 Å². The molecule has 1 aromatic heterocycles. The summed E-state index contributed by atoms with van der Waals surface area (Å²) in [5.74, 6) is -0.852. The molecule has 1 saturated carbocycles. The van der Waals surface area contributed by atoms with E-state index in [1.54, 1.807) is 0 Å². The molecule has 70 valence electrons. The Kier molecular flexibility index (Phi) is 1.66. The second kappa shape index (κ2) is 2.60. The van der Waals surface area contributed by atoms with Crippen LogP contribution in [-0.2, 0) is 5.60 Å². The van der Waals surface area contributed by atoms with Crippen molar-refractivity contribution in [2.24, 2.45) is 0 Å². The maximum Gasteiger partial charge on any atom is 0.339 e. The number of carboxylic acid groups (broad SMARTS) is 1. The van der Waals surface area contributed by atoms with Gasteiger partial charge in [-0.1, -0.05) is 0 Å². The lowest BCUT2D eigenvalue weighted by Gasteiger charge is -2.34. The van der Waals surface area contributed by atoms with Crippen LogP contribution in [0.3, 0.4) is 0 Å². The summed E-state index contributed by atoms with van der Waals surface area (Å²) in [6.07, 6.45) is 3.38. The minimum atomic E-state index is -1.05. The summed E-state index contributed by atoms with van der Waals surface area (Å²) in [4.78, 5) is 10.7. The van der Waals surface area contributed by atoms with E-state index in [1.807, 2.05) is 0 Å². The molecule has 2 N–H and O–H groups in total. The van der Waals surface area contributed by atoms with Crippen molar-refractivity contribution in [3.05, 3.63) is 23.7 Å². The van der Waals surface area contributed by atoms with Crippen LogP contribution in [0.4, 0.5) is 0 Å². The van der Waals surface area contributed by atoms with Crippen LogP contribution < -0.4 is 0 Å². The molecule has 4 nitrogen and oxygen atoms in total. The van der Waals surface area contributed by atoms with E-state index in [2.05, 4.69) is 0 Å². The fourth-order valence-electron chi connectivity index (χ4n) is 1.58. The minimum absolute atomic E-state index is 0.0715. The summed E-state index contributed by atoms with van der Waals surface area (Å²) < 4.78 is 5.00.